The summed E-state index contributed by atoms with van der Waals surface area (Å²) in [6.45, 7) is 1.78. The van der Waals surface area contributed by atoms with Gasteiger partial charge in [0, 0.05) is 7.05 Å². The minimum atomic E-state index is -0.269. The van der Waals surface area contributed by atoms with Crippen LogP contribution in [0.4, 0.5) is 0 Å². The number of rotatable bonds is 4. The molecule has 0 bridgehead atoms. The van der Waals surface area contributed by atoms with Crippen LogP contribution in [-0.2, 0) is 11.2 Å². The van der Waals surface area contributed by atoms with Crippen LogP contribution in [0.3, 0.4) is 0 Å². The van der Waals surface area contributed by atoms with Gasteiger partial charge in [-0.3, -0.25) is 4.79 Å². The zero-order valence-electron chi connectivity index (χ0n) is 9.88. The molecule has 0 saturated carbocycles. The first-order valence-corrected chi connectivity index (χ1v) is 5.65. The van der Waals surface area contributed by atoms with E-state index in [-0.39, 0.29) is 29.1 Å². The largest absolute Gasteiger partial charge is 0.508 e. The van der Waals surface area contributed by atoms with Crippen LogP contribution in [0.15, 0.2) is 24.3 Å². The lowest BCUT2D eigenvalue weighted by Crippen LogP contribution is -2.43. The van der Waals surface area contributed by atoms with E-state index in [0.717, 1.165) is 5.56 Å². The van der Waals surface area contributed by atoms with Gasteiger partial charge in [-0.15, -0.1) is 0 Å². The molecule has 92 valence electrons. The van der Waals surface area contributed by atoms with Gasteiger partial charge in [0.2, 0.25) is 5.91 Å². The molecule has 17 heavy (non-hydrogen) atoms. The molecule has 0 aromatic heterocycles. The molecule has 0 aliphatic heterocycles. The first-order chi connectivity index (χ1) is 7.91. The number of phenolic OH excluding ortho intramolecular Hbond substituents is 1. The minimum Gasteiger partial charge on any atom is -0.508 e. The van der Waals surface area contributed by atoms with Crippen molar-refractivity contribution in [2.75, 3.05) is 7.05 Å². The lowest BCUT2D eigenvalue weighted by Gasteiger charge is -2.24. The van der Waals surface area contributed by atoms with Crippen LogP contribution < -0.4 is 5.73 Å². The Morgan fingerprint density at radius 1 is 1.59 bits per heavy atom. The Balaban J connectivity index is 2.69. The highest BCUT2D eigenvalue weighted by Gasteiger charge is 2.17. The van der Waals surface area contributed by atoms with Crippen molar-refractivity contribution in [3.63, 3.8) is 0 Å². The molecule has 0 aliphatic rings. The van der Waals surface area contributed by atoms with E-state index in [1.54, 1.807) is 38.2 Å². The lowest BCUT2D eigenvalue weighted by atomic mass is 10.1. The summed E-state index contributed by atoms with van der Waals surface area (Å²) in [7, 11) is 1.66. The highest BCUT2D eigenvalue weighted by Crippen LogP contribution is 2.12. The Morgan fingerprint density at radius 2 is 2.24 bits per heavy atom. The Hall–Kier alpha value is -1.62. The number of carbonyl (C=O) groups is 1. The summed E-state index contributed by atoms with van der Waals surface area (Å²) in [4.78, 5) is 13.7. The number of thiocarbonyl (C=S) groups is 1. The predicted octanol–water partition coefficient (Wildman–Crippen LogP) is 1.07. The molecule has 0 aliphatic carbocycles. The van der Waals surface area contributed by atoms with Gasteiger partial charge in [0.15, 0.2) is 0 Å². The summed E-state index contributed by atoms with van der Waals surface area (Å²) in [5.74, 6) is 0.0660. The van der Waals surface area contributed by atoms with E-state index in [9.17, 15) is 9.90 Å². The van der Waals surface area contributed by atoms with E-state index in [1.807, 2.05) is 0 Å². The number of carbonyl (C=O) groups excluding carboxylic acids is 1. The van der Waals surface area contributed by atoms with E-state index in [4.69, 9.17) is 18.0 Å². The van der Waals surface area contributed by atoms with Gasteiger partial charge in [0.25, 0.3) is 0 Å². The van der Waals surface area contributed by atoms with Gasteiger partial charge in [0.1, 0.15) is 5.75 Å². The Morgan fingerprint density at radius 3 is 2.76 bits per heavy atom. The van der Waals surface area contributed by atoms with Crippen molar-refractivity contribution >= 4 is 23.1 Å². The van der Waals surface area contributed by atoms with Crippen molar-refractivity contribution in [2.45, 2.75) is 19.4 Å². The smallest absolute Gasteiger partial charge is 0.227 e. The second-order valence-electron chi connectivity index (χ2n) is 3.93. The Kier molecular flexibility index (Phi) is 4.45. The second-order valence-corrected chi connectivity index (χ2v) is 4.40. The third kappa shape index (κ3) is 3.71. The molecular formula is C12H16N2O2S. The van der Waals surface area contributed by atoms with Crippen molar-refractivity contribution in [1.82, 2.24) is 4.90 Å². The minimum absolute atomic E-state index is 0.0871. The molecule has 5 heteroatoms. The molecule has 1 unspecified atom stereocenters. The third-order valence-corrected chi connectivity index (χ3v) is 2.99. The molecule has 0 saturated heterocycles. The lowest BCUT2D eigenvalue weighted by molar-refractivity contribution is -0.129. The van der Waals surface area contributed by atoms with Crippen molar-refractivity contribution in [3.05, 3.63) is 29.8 Å². The van der Waals surface area contributed by atoms with Crippen LogP contribution in [0, 0.1) is 0 Å². The summed E-state index contributed by atoms with van der Waals surface area (Å²) >= 11 is 4.84. The van der Waals surface area contributed by atoms with Gasteiger partial charge in [-0.25, -0.2) is 0 Å². The molecular weight excluding hydrogens is 236 g/mol. The Bertz CT molecular complexity index is 434. The maximum Gasteiger partial charge on any atom is 0.227 e. The third-order valence-electron chi connectivity index (χ3n) is 2.65. The number of nitrogens with two attached hydrogens (primary N) is 1. The maximum absolute atomic E-state index is 11.9. The van der Waals surface area contributed by atoms with Gasteiger partial charge in [-0.05, 0) is 24.6 Å². The zero-order valence-corrected chi connectivity index (χ0v) is 10.7. The van der Waals surface area contributed by atoms with E-state index in [2.05, 4.69) is 0 Å². The van der Waals surface area contributed by atoms with E-state index >= 15 is 0 Å². The second kappa shape index (κ2) is 5.63. The molecule has 1 aromatic carbocycles. The Labute approximate surface area is 106 Å². The van der Waals surface area contributed by atoms with Crippen molar-refractivity contribution in [2.24, 2.45) is 5.73 Å². The number of aromatic hydroxyl groups is 1. The highest BCUT2D eigenvalue weighted by molar-refractivity contribution is 7.80. The number of nitrogens with zero attached hydrogens (tertiary/aromatic N) is 1. The number of phenols is 1. The normalized spacial score (nSPS) is 11.9. The standard InChI is InChI=1S/C12H16N2O2S/c1-8(12(13)17)14(2)11(16)7-9-4-3-5-10(15)6-9/h3-6,8,15H,7H2,1-2H3,(H2,13,17). The average Bonchev–Trinajstić information content (AvgIpc) is 2.26. The first-order valence-electron chi connectivity index (χ1n) is 5.24. The molecule has 1 aromatic rings. The monoisotopic (exact) mass is 252 g/mol. The molecule has 0 heterocycles. The fourth-order valence-corrected chi connectivity index (χ4v) is 1.53. The summed E-state index contributed by atoms with van der Waals surface area (Å²) in [6.07, 6.45) is 0.220. The molecule has 0 spiro atoms. The van der Waals surface area contributed by atoms with Gasteiger partial charge >= 0.3 is 0 Å². The molecule has 1 amide bonds. The fraction of sp³-hybridized carbons (Fsp3) is 0.333. The number of hydrogen-bond acceptors (Lipinski definition) is 3. The maximum atomic E-state index is 11.9. The molecule has 3 N–H and O–H groups in total. The van der Waals surface area contributed by atoms with E-state index in [1.165, 1.54) is 4.90 Å². The zero-order chi connectivity index (χ0) is 13.0. The number of hydrogen-bond donors (Lipinski definition) is 2. The quantitative estimate of drug-likeness (QED) is 0.787. The molecule has 0 radical (unpaired) electrons. The van der Waals surface area contributed by atoms with Crippen molar-refractivity contribution in [3.8, 4) is 5.75 Å². The van der Waals surface area contributed by atoms with Crippen LogP contribution in [0.25, 0.3) is 0 Å². The SMILES string of the molecule is CC(C(N)=S)N(C)C(=O)Cc1cccc(O)c1. The van der Waals surface area contributed by atoms with Crippen LogP contribution >= 0.6 is 12.2 Å². The average molecular weight is 252 g/mol. The van der Waals surface area contributed by atoms with Gasteiger partial charge in [0.05, 0.1) is 17.5 Å². The van der Waals surface area contributed by atoms with Gasteiger partial charge in [-0.1, -0.05) is 24.4 Å². The van der Waals surface area contributed by atoms with Crippen molar-refractivity contribution in [1.29, 1.82) is 0 Å². The number of benzene rings is 1. The van der Waals surface area contributed by atoms with Crippen molar-refractivity contribution < 1.29 is 9.90 Å². The summed E-state index contributed by atoms with van der Waals surface area (Å²) in [5.41, 5.74) is 6.25. The summed E-state index contributed by atoms with van der Waals surface area (Å²) in [5, 5.41) is 9.30. The number of likely N-dealkylation sites (N-methyl/N-ethyl adjacent to an activating group) is 1. The van der Waals surface area contributed by atoms with E-state index in [0.29, 0.717) is 0 Å². The molecule has 0 fully saturated rings. The molecule has 4 nitrogen and oxygen atoms in total. The van der Waals surface area contributed by atoms with Gasteiger partial charge in [-0.2, -0.15) is 0 Å². The van der Waals surface area contributed by atoms with E-state index < -0.39 is 0 Å². The van der Waals surface area contributed by atoms with Crippen LogP contribution in [0.2, 0.25) is 0 Å². The summed E-state index contributed by atoms with van der Waals surface area (Å²) < 4.78 is 0. The highest BCUT2D eigenvalue weighted by atomic mass is 32.1. The van der Waals surface area contributed by atoms with Crippen LogP contribution in [0.1, 0.15) is 12.5 Å². The van der Waals surface area contributed by atoms with Crippen LogP contribution in [-0.4, -0.2) is 34.0 Å². The first kappa shape index (κ1) is 13.4. The fourth-order valence-electron chi connectivity index (χ4n) is 1.37. The molecule has 1 rings (SSSR count). The predicted molar refractivity (Wildman–Crippen MR) is 70.8 cm³/mol. The van der Waals surface area contributed by atoms with Crippen LogP contribution in [0.5, 0.6) is 5.75 Å². The molecule has 1 atom stereocenters. The summed E-state index contributed by atoms with van der Waals surface area (Å²) in [6, 6.07) is 6.35. The number of amides is 1. The van der Waals surface area contributed by atoms with Gasteiger partial charge < -0.3 is 15.7 Å². The topological polar surface area (TPSA) is 66.6 Å².